The third kappa shape index (κ3) is 4.32. The van der Waals surface area contributed by atoms with Gasteiger partial charge in [-0.15, -0.1) is 11.3 Å². The van der Waals surface area contributed by atoms with E-state index in [9.17, 15) is 22.8 Å². The fourth-order valence-electron chi connectivity index (χ4n) is 3.22. The number of carbonyl (C=O) groups is 3. The lowest BCUT2D eigenvalue weighted by Gasteiger charge is -2.18. The summed E-state index contributed by atoms with van der Waals surface area (Å²) in [6.45, 7) is -0.299. The fourth-order valence-corrected chi connectivity index (χ4v) is 5.58. The van der Waals surface area contributed by atoms with Gasteiger partial charge in [-0.3, -0.25) is 23.6 Å². The number of nitrogens with zero attached hydrogens (tertiary/aromatic N) is 2. The van der Waals surface area contributed by atoms with Crippen LogP contribution in [0, 0.1) is 0 Å². The average molecular weight is 486 g/mol. The SMILES string of the molecule is CN1C(=O)c2ccc(NC(=O)COc3ccc(N(C)S(=O)(=O)c4cccs4)cc3)cc2C1=O. The van der Waals surface area contributed by atoms with Gasteiger partial charge in [0.2, 0.25) is 0 Å². The smallest absolute Gasteiger partial charge is 0.273 e. The predicted molar refractivity (Wildman–Crippen MR) is 123 cm³/mol. The molecule has 0 atom stereocenters. The molecule has 33 heavy (non-hydrogen) atoms. The van der Waals surface area contributed by atoms with Gasteiger partial charge in [-0.1, -0.05) is 6.07 Å². The Hall–Kier alpha value is -3.70. The molecule has 9 nitrogen and oxygen atoms in total. The normalized spacial score (nSPS) is 13.1. The van der Waals surface area contributed by atoms with Crippen molar-refractivity contribution in [2.24, 2.45) is 0 Å². The second-order valence-corrected chi connectivity index (χ2v) is 10.3. The van der Waals surface area contributed by atoms with Gasteiger partial charge in [0, 0.05) is 19.8 Å². The summed E-state index contributed by atoms with van der Waals surface area (Å²) >= 11 is 1.14. The van der Waals surface area contributed by atoms with Crippen molar-refractivity contribution in [3.8, 4) is 5.75 Å². The maximum atomic E-state index is 12.6. The third-order valence-electron chi connectivity index (χ3n) is 5.05. The molecule has 3 aromatic rings. The first-order valence-electron chi connectivity index (χ1n) is 9.70. The predicted octanol–water partition coefficient (Wildman–Crippen LogP) is 2.82. The van der Waals surface area contributed by atoms with E-state index in [2.05, 4.69) is 5.32 Å². The number of anilines is 2. The lowest BCUT2D eigenvalue weighted by Crippen LogP contribution is -2.25. The molecule has 0 saturated heterocycles. The maximum Gasteiger partial charge on any atom is 0.273 e. The number of ether oxygens (including phenoxy) is 1. The van der Waals surface area contributed by atoms with E-state index in [1.165, 1.54) is 30.5 Å². The molecule has 1 aromatic heterocycles. The molecule has 0 aliphatic carbocycles. The van der Waals surface area contributed by atoms with E-state index in [0.717, 1.165) is 16.2 Å². The number of hydrogen-bond acceptors (Lipinski definition) is 7. The molecule has 0 radical (unpaired) electrons. The van der Waals surface area contributed by atoms with E-state index in [4.69, 9.17) is 4.74 Å². The third-order valence-corrected chi connectivity index (χ3v) is 8.21. The van der Waals surface area contributed by atoms with Gasteiger partial charge in [0.1, 0.15) is 9.96 Å². The number of benzene rings is 2. The zero-order chi connectivity index (χ0) is 23.8. The maximum absolute atomic E-state index is 12.6. The van der Waals surface area contributed by atoms with E-state index in [-0.39, 0.29) is 22.3 Å². The van der Waals surface area contributed by atoms with E-state index < -0.39 is 21.8 Å². The van der Waals surface area contributed by atoms with Crippen LogP contribution >= 0.6 is 11.3 Å². The van der Waals surface area contributed by atoms with E-state index >= 15 is 0 Å². The lowest BCUT2D eigenvalue weighted by molar-refractivity contribution is -0.118. The minimum Gasteiger partial charge on any atom is -0.484 e. The fraction of sp³-hybridized carbons (Fsp3) is 0.136. The quantitative estimate of drug-likeness (QED) is 0.515. The Labute approximate surface area is 194 Å². The number of hydrogen-bond donors (Lipinski definition) is 1. The van der Waals surface area contributed by atoms with Crippen LogP contribution in [0.2, 0.25) is 0 Å². The second-order valence-electron chi connectivity index (χ2n) is 7.17. The molecule has 0 spiro atoms. The molecular formula is C22H19N3O6S2. The number of nitrogens with one attached hydrogen (secondary N) is 1. The highest BCUT2D eigenvalue weighted by Crippen LogP contribution is 2.27. The van der Waals surface area contributed by atoms with Gasteiger partial charge in [-0.05, 0) is 53.9 Å². The van der Waals surface area contributed by atoms with Crippen LogP contribution in [0.3, 0.4) is 0 Å². The lowest BCUT2D eigenvalue weighted by atomic mass is 10.1. The Bertz CT molecular complexity index is 1330. The minimum absolute atomic E-state index is 0.235. The van der Waals surface area contributed by atoms with Crippen molar-refractivity contribution in [1.29, 1.82) is 0 Å². The molecule has 4 rings (SSSR count). The molecule has 11 heteroatoms. The van der Waals surface area contributed by atoms with Gasteiger partial charge in [0.15, 0.2) is 6.61 Å². The summed E-state index contributed by atoms with van der Waals surface area (Å²) in [6, 6.07) is 14.0. The number of carbonyl (C=O) groups excluding carboxylic acids is 3. The molecular weight excluding hydrogens is 466 g/mol. The van der Waals surface area contributed by atoms with Crippen molar-refractivity contribution in [2.75, 3.05) is 30.3 Å². The summed E-state index contributed by atoms with van der Waals surface area (Å²) in [6.07, 6.45) is 0. The summed E-state index contributed by atoms with van der Waals surface area (Å²) in [5, 5.41) is 4.32. The molecule has 0 unspecified atom stereocenters. The largest absolute Gasteiger partial charge is 0.484 e. The Morgan fingerprint density at radius 3 is 2.42 bits per heavy atom. The van der Waals surface area contributed by atoms with Crippen LogP contribution in [-0.4, -0.2) is 51.7 Å². The van der Waals surface area contributed by atoms with Crippen molar-refractivity contribution in [2.45, 2.75) is 4.21 Å². The minimum atomic E-state index is -3.64. The highest BCUT2D eigenvalue weighted by molar-refractivity contribution is 7.94. The molecule has 2 heterocycles. The standard InChI is InChI=1S/C22H19N3O6S2/c1-24-21(27)17-10-5-14(12-18(17)22(24)28)23-19(26)13-31-16-8-6-15(7-9-16)25(2)33(29,30)20-4-3-11-32-20/h3-12H,13H2,1-2H3,(H,23,26). The van der Waals surface area contributed by atoms with Crippen LogP contribution in [0.25, 0.3) is 0 Å². The van der Waals surface area contributed by atoms with Gasteiger partial charge in [-0.25, -0.2) is 8.42 Å². The van der Waals surface area contributed by atoms with Crippen molar-refractivity contribution >= 4 is 50.5 Å². The molecule has 3 amide bonds. The van der Waals surface area contributed by atoms with Gasteiger partial charge in [0.25, 0.3) is 27.7 Å². The number of fused-ring (bicyclic) bond motifs is 1. The first kappa shape index (κ1) is 22.5. The molecule has 170 valence electrons. The van der Waals surface area contributed by atoms with E-state index in [1.54, 1.807) is 47.8 Å². The molecule has 0 fully saturated rings. The number of amides is 3. The molecule has 0 saturated carbocycles. The van der Waals surface area contributed by atoms with Gasteiger partial charge >= 0.3 is 0 Å². The van der Waals surface area contributed by atoms with Crippen molar-refractivity contribution in [3.05, 3.63) is 71.1 Å². The summed E-state index contributed by atoms with van der Waals surface area (Å²) < 4.78 is 32.1. The monoisotopic (exact) mass is 485 g/mol. The second kappa shape index (κ2) is 8.68. The van der Waals surface area contributed by atoms with Crippen LogP contribution in [0.5, 0.6) is 5.75 Å². The van der Waals surface area contributed by atoms with Crippen LogP contribution in [-0.2, 0) is 14.8 Å². The Morgan fingerprint density at radius 2 is 1.76 bits per heavy atom. The van der Waals surface area contributed by atoms with Gasteiger partial charge in [-0.2, -0.15) is 0 Å². The number of thiophene rings is 1. The van der Waals surface area contributed by atoms with Crippen LogP contribution in [0.4, 0.5) is 11.4 Å². The zero-order valence-corrected chi connectivity index (χ0v) is 19.3. The number of imide groups is 1. The summed E-state index contributed by atoms with van der Waals surface area (Å²) in [7, 11) is -0.775. The Balaban J connectivity index is 1.36. The number of rotatable bonds is 7. The highest BCUT2D eigenvalue weighted by atomic mass is 32.2. The van der Waals surface area contributed by atoms with Crippen LogP contribution < -0.4 is 14.4 Å². The summed E-state index contributed by atoms with van der Waals surface area (Å²) in [5.41, 5.74) is 1.35. The zero-order valence-electron chi connectivity index (χ0n) is 17.6. The van der Waals surface area contributed by atoms with E-state index in [1.807, 2.05) is 0 Å². The summed E-state index contributed by atoms with van der Waals surface area (Å²) in [5.74, 6) is -0.879. The van der Waals surface area contributed by atoms with Crippen molar-refractivity contribution in [3.63, 3.8) is 0 Å². The molecule has 1 N–H and O–H groups in total. The van der Waals surface area contributed by atoms with Crippen LogP contribution in [0.15, 0.2) is 64.2 Å². The average Bonchev–Trinajstić information content (AvgIpc) is 3.43. The van der Waals surface area contributed by atoms with Crippen molar-refractivity contribution in [1.82, 2.24) is 4.90 Å². The summed E-state index contributed by atoms with van der Waals surface area (Å²) in [4.78, 5) is 37.3. The van der Waals surface area contributed by atoms with Gasteiger partial charge in [0.05, 0.1) is 16.8 Å². The van der Waals surface area contributed by atoms with Crippen molar-refractivity contribution < 1.29 is 27.5 Å². The first-order chi connectivity index (χ1) is 15.7. The molecule has 2 aromatic carbocycles. The van der Waals surface area contributed by atoms with Gasteiger partial charge < -0.3 is 10.1 Å². The molecule has 0 bridgehead atoms. The molecule has 1 aliphatic heterocycles. The highest BCUT2D eigenvalue weighted by Gasteiger charge is 2.32. The van der Waals surface area contributed by atoms with E-state index in [0.29, 0.717) is 22.7 Å². The number of sulfonamides is 1. The van der Waals surface area contributed by atoms with Crippen LogP contribution in [0.1, 0.15) is 20.7 Å². The Kier molecular flexibility index (Phi) is 5.91. The topological polar surface area (TPSA) is 113 Å². The molecule has 1 aliphatic rings. The first-order valence-corrected chi connectivity index (χ1v) is 12.0. The Morgan fingerprint density at radius 1 is 1.06 bits per heavy atom.